The predicted molar refractivity (Wildman–Crippen MR) is 87.7 cm³/mol. The number of urea groups is 1. The largest absolute Gasteiger partial charge is 0.495 e. The number of nitrogens with zero attached hydrogens (tertiary/aromatic N) is 1. The van der Waals surface area contributed by atoms with Crippen LogP contribution in [0.25, 0.3) is 0 Å². The van der Waals surface area contributed by atoms with Crippen molar-refractivity contribution in [2.75, 3.05) is 19.0 Å². The Balaban J connectivity index is 1.70. The molecule has 1 saturated carbocycles. The van der Waals surface area contributed by atoms with Gasteiger partial charge in [0.25, 0.3) is 5.91 Å². The maximum absolute atomic E-state index is 12.5. The molecule has 24 heavy (non-hydrogen) atoms. The van der Waals surface area contributed by atoms with Gasteiger partial charge in [0.15, 0.2) is 0 Å². The van der Waals surface area contributed by atoms with Gasteiger partial charge in [-0.15, -0.1) is 0 Å². The highest BCUT2D eigenvalue weighted by Crippen LogP contribution is 2.42. The third-order valence-corrected chi connectivity index (χ3v) is 4.63. The number of carbonyl (C=O) groups excluding carboxylic acids is 3. The second kappa shape index (κ2) is 5.81. The number of rotatable bonds is 5. The van der Waals surface area contributed by atoms with Crippen LogP contribution in [0.2, 0.25) is 0 Å². The first-order chi connectivity index (χ1) is 11.3. The SMILES string of the molecule is COc1ccc(C)cc1NC(=O)CN1C(=O)N[C@](C)(C2CC2)C1=O. The summed E-state index contributed by atoms with van der Waals surface area (Å²) in [6.07, 6.45) is 1.84. The van der Waals surface area contributed by atoms with Gasteiger partial charge < -0.3 is 15.4 Å². The zero-order chi connectivity index (χ0) is 17.5. The summed E-state index contributed by atoms with van der Waals surface area (Å²) in [5.41, 5.74) is 0.597. The van der Waals surface area contributed by atoms with Gasteiger partial charge >= 0.3 is 6.03 Å². The average Bonchev–Trinajstić information content (AvgIpc) is 3.34. The molecule has 0 bridgehead atoms. The lowest BCUT2D eigenvalue weighted by molar-refractivity contribution is -0.134. The molecule has 1 aliphatic heterocycles. The molecule has 3 rings (SSSR count). The molecule has 7 heteroatoms. The van der Waals surface area contributed by atoms with Gasteiger partial charge in [0, 0.05) is 0 Å². The van der Waals surface area contributed by atoms with E-state index in [2.05, 4.69) is 10.6 Å². The fraction of sp³-hybridized carbons (Fsp3) is 0.471. The Labute approximate surface area is 140 Å². The van der Waals surface area contributed by atoms with E-state index in [1.165, 1.54) is 7.11 Å². The standard InChI is InChI=1S/C17H21N3O4/c1-10-4-7-13(24-3)12(8-10)18-14(21)9-20-15(22)17(2,11-5-6-11)19-16(20)23/h4,7-8,11H,5-6,9H2,1-3H3,(H,18,21)(H,19,23)/t17-/m1/s1. The molecule has 7 nitrogen and oxygen atoms in total. The minimum Gasteiger partial charge on any atom is -0.495 e. The number of benzene rings is 1. The molecule has 1 aliphatic carbocycles. The van der Waals surface area contributed by atoms with Gasteiger partial charge in [0.2, 0.25) is 5.91 Å². The highest BCUT2D eigenvalue weighted by atomic mass is 16.5. The van der Waals surface area contributed by atoms with E-state index in [0.717, 1.165) is 23.3 Å². The number of carbonyl (C=O) groups is 3. The van der Waals surface area contributed by atoms with E-state index in [1.54, 1.807) is 19.1 Å². The maximum Gasteiger partial charge on any atom is 0.325 e. The maximum atomic E-state index is 12.5. The second-order valence-electron chi connectivity index (χ2n) is 6.55. The summed E-state index contributed by atoms with van der Waals surface area (Å²) in [6.45, 7) is 3.31. The zero-order valence-corrected chi connectivity index (χ0v) is 14.0. The molecule has 4 amide bonds. The van der Waals surface area contributed by atoms with Crippen molar-refractivity contribution in [1.82, 2.24) is 10.2 Å². The molecule has 2 N–H and O–H groups in total. The lowest BCUT2D eigenvalue weighted by Gasteiger charge is -2.20. The number of methoxy groups -OCH3 is 1. The third-order valence-electron chi connectivity index (χ3n) is 4.63. The van der Waals surface area contributed by atoms with E-state index in [9.17, 15) is 14.4 Å². The molecule has 2 aliphatic rings. The molecule has 1 aromatic rings. The van der Waals surface area contributed by atoms with Gasteiger partial charge in [0.1, 0.15) is 17.8 Å². The predicted octanol–water partition coefficient (Wildman–Crippen LogP) is 1.66. The molecule has 0 radical (unpaired) electrons. The molecule has 128 valence electrons. The Morgan fingerprint density at radius 3 is 2.75 bits per heavy atom. The topological polar surface area (TPSA) is 87.7 Å². The molecule has 1 saturated heterocycles. The average molecular weight is 331 g/mol. The molecule has 2 fully saturated rings. The number of aryl methyl sites for hydroxylation is 1. The van der Waals surface area contributed by atoms with E-state index in [1.807, 2.05) is 13.0 Å². The van der Waals surface area contributed by atoms with E-state index in [0.29, 0.717) is 11.4 Å². The summed E-state index contributed by atoms with van der Waals surface area (Å²) in [7, 11) is 1.51. The molecular weight excluding hydrogens is 310 g/mol. The highest BCUT2D eigenvalue weighted by Gasteiger charge is 2.56. The summed E-state index contributed by atoms with van der Waals surface area (Å²) in [5.74, 6) is -0.0864. The van der Waals surface area contributed by atoms with Crippen molar-refractivity contribution in [2.24, 2.45) is 5.92 Å². The van der Waals surface area contributed by atoms with Crippen LogP contribution in [0.4, 0.5) is 10.5 Å². The number of hydrogen-bond donors (Lipinski definition) is 2. The van der Waals surface area contributed by atoms with E-state index >= 15 is 0 Å². The second-order valence-corrected chi connectivity index (χ2v) is 6.55. The van der Waals surface area contributed by atoms with Crippen LogP contribution >= 0.6 is 0 Å². The van der Waals surface area contributed by atoms with Crippen molar-refractivity contribution in [3.05, 3.63) is 23.8 Å². The molecular formula is C17H21N3O4. The van der Waals surface area contributed by atoms with Gasteiger partial charge in [-0.05, 0) is 50.3 Å². The highest BCUT2D eigenvalue weighted by molar-refractivity contribution is 6.10. The summed E-state index contributed by atoms with van der Waals surface area (Å²) < 4.78 is 5.21. The van der Waals surface area contributed by atoms with Crippen LogP contribution in [0.1, 0.15) is 25.3 Å². The minimum absolute atomic E-state index is 0.166. The van der Waals surface area contributed by atoms with Crippen LogP contribution in [0, 0.1) is 12.8 Å². The van der Waals surface area contributed by atoms with Crippen LogP contribution in [-0.2, 0) is 9.59 Å². The Morgan fingerprint density at radius 1 is 1.42 bits per heavy atom. The van der Waals surface area contributed by atoms with Crippen LogP contribution in [-0.4, -0.2) is 41.9 Å². The number of imide groups is 1. The van der Waals surface area contributed by atoms with Crippen LogP contribution in [0.5, 0.6) is 5.75 Å². The van der Waals surface area contributed by atoms with Gasteiger partial charge in [-0.1, -0.05) is 6.07 Å². The first-order valence-electron chi connectivity index (χ1n) is 7.93. The van der Waals surface area contributed by atoms with Crippen molar-refractivity contribution in [3.63, 3.8) is 0 Å². The third kappa shape index (κ3) is 2.81. The first-order valence-corrected chi connectivity index (χ1v) is 7.93. The smallest absolute Gasteiger partial charge is 0.325 e. The molecule has 1 heterocycles. The molecule has 1 atom stereocenters. The summed E-state index contributed by atoms with van der Waals surface area (Å²) >= 11 is 0. The van der Waals surface area contributed by atoms with Gasteiger partial charge in [-0.2, -0.15) is 0 Å². The number of ether oxygens (including phenoxy) is 1. The van der Waals surface area contributed by atoms with Crippen molar-refractivity contribution >= 4 is 23.5 Å². The molecule has 0 unspecified atom stereocenters. The number of nitrogens with one attached hydrogen (secondary N) is 2. The fourth-order valence-corrected chi connectivity index (χ4v) is 3.05. The van der Waals surface area contributed by atoms with Gasteiger partial charge in [-0.3, -0.25) is 14.5 Å². The number of anilines is 1. The first kappa shape index (κ1) is 16.3. The van der Waals surface area contributed by atoms with Crippen molar-refractivity contribution in [1.29, 1.82) is 0 Å². The molecule has 1 aromatic carbocycles. The normalized spacial score (nSPS) is 23.2. The van der Waals surface area contributed by atoms with Crippen LogP contribution in [0.3, 0.4) is 0 Å². The molecule has 0 aromatic heterocycles. The van der Waals surface area contributed by atoms with Crippen LogP contribution in [0.15, 0.2) is 18.2 Å². The summed E-state index contributed by atoms with van der Waals surface area (Å²) in [5, 5.41) is 5.43. The Kier molecular flexibility index (Phi) is 3.95. The van der Waals surface area contributed by atoms with Gasteiger partial charge in [-0.25, -0.2) is 4.79 Å². The Hall–Kier alpha value is -2.57. The van der Waals surface area contributed by atoms with E-state index in [4.69, 9.17) is 4.74 Å². The summed E-state index contributed by atoms with van der Waals surface area (Å²) in [4.78, 5) is 37.9. The van der Waals surface area contributed by atoms with Crippen LogP contribution < -0.4 is 15.4 Å². The lowest BCUT2D eigenvalue weighted by atomic mass is 9.96. The molecule has 0 spiro atoms. The van der Waals surface area contributed by atoms with E-state index < -0.39 is 17.5 Å². The van der Waals surface area contributed by atoms with Crippen molar-refractivity contribution < 1.29 is 19.1 Å². The lowest BCUT2D eigenvalue weighted by Crippen LogP contribution is -2.46. The summed E-state index contributed by atoms with van der Waals surface area (Å²) in [6, 6.07) is 4.88. The number of amides is 4. The Morgan fingerprint density at radius 2 is 2.12 bits per heavy atom. The van der Waals surface area contributed by atoms with Crippen molar-refractivity contribution in [2.45, 2.75) is 32.2 Å². The fourth-order valence-electron chi connectivity index (χ4n) is 3.05. The Bertz CT molecular complexity index is 714. The van der Waals surface area contributed by atoms with Gasteiger partial charge in [0.05, 0.1) is 12.8 Å². The zero-order valence-electron chi connectivity index (χ0n) is 14.0. The van der Waals surface area contributed by atoms with E-state index in [-0.39, 0.29) is 18.4 Å². The quantitative estimate of drug-likeness (QED) is 0.803. The number of hydrogen-bond acceptors (Lipinski definition) is 4. The monoisotopic (exact) mass is 331 g/mol. The minimum atomic E-state index is -0.877. The van der Waals surface area contributed by atoms with Crippen molar-refractivity contribution in [3.8, 4) is 5.75 Å².